The van der Waals surface area contributed by atoms with Crippen molar-refractivity contribution in [3.8, 4) is 0 Å². The summed E-state index contributed by atoms with van der Waals surface area (Å²) in [7, 11) is 0. The van der Waals surface area contributed by atoms with Crippen molar-refractivity contribution < 1.29 is 9.90 Å². The second-order valence-corrected chi connectivity index (χ2v) is 5.59. The molecule has 0 bridgehead atoms. The SMILES string of the molecule is CCCC(O)CNC(=O)c1cnn(CCC)c1C1CC1. The van der Waals surface area contributed by atoms with Gasteiger partial charge in [-0.2, -0.15) is 5.10 Å². The molecule has 5 heteroatoms. The molecule has 2 N–H and O–H groups in total. The summed E-state index contributed by atoms with van der Waals surface area (Å²) in [5, 5.41) is 16.9. The maximum Gasteiger partial charge on any atom is 0.254 e. The molecule has 112 valence electrons. The van der Waals surface area contributed by atoms with Crippen molar-refractivity contribution in [3.05, 3.63) is 17.5 Å². The number of nitrogens with one attached hydrogen (secondary N) is 1. The Morgan fingerprint density at radius 1 is 1.50 bits per heavy atom. The Hall–Kier alpha value is -1.36. The summed E-state index contributed by atoms with van der Waals surface area (Å²) in [5.74, 6) is 0.384. The van der Waals surface area contributed by atoms with Gasteiger partial charge in [-0.1, -0.05) is 20.3 Å². The third kappa shape index (κ3) is 3.60. The highest BCUT2D eigenvalue weighted by molar-refractivity contribution is 5.95. The molecule has 1 amide bonds. The Labute approximate surface area is 120 Å². The Morgan fingerprint density at radius 3 is 2.85 bits per heavy atom. The van der Waals surface area contributed by atoms with Gasteiger partial charge in [0.25, 0.3) is 5.91 Å². The topological polar surface area (TPSA) is 67.2 Å². The van der Waals surface area contributed by atoms with Crippen LogP contribution in [0.15, 0.2) is 6.20 Å². The van der Waals surface area contributed by atoms with Gasteiger partial charge in [0, 0.05) is 19.0 Å². The number of aliphatic hydroxyl groups excluding tert-OH is 1. The van der Waals surface area contributed by atoms with E-state index in [0.717, 1.165) is 37.9 Å². The molecule has 1 fully saturated rings. The summed E-state index contributed by atoms with van der Waals surface area (Å²) in [6.07, 6.45) is 6.15. The van der Waals surface area contributed by atoms with Crippen LogP contribution in [-0.4, -0.2) is 33.4 Å². The third-order valence-corrected chi connectivity index (χ3v) is 3.64. The van der Waals surface area contributed by atoms with Crippen molar-refractivity contribution in [2.75, 3.05) is 6.54 Å². The van der Waals surface area contributed by atoms with Crippen molar-refractivity contribution >= 4 is 5.91 Å². The van der Waals surface area contributed by atoms with Crippen molar-refractivity contribution in [3.63, 3.8) is 0 Å². The maximum atomic E-state index is 12.2. The van der Waals surface area contributed by atoms with Gasteiger partial charge in [-0.25, -0.2) is 0 Å². The third-order valence-electron chi connectivity index (χ3n) is 3.64. The van der Waals surface area contributed by atoms with E-state index >= 15 is 0 Å². The number of nitrogens with zero attached hydrogens (tertiary/aromatic N) is 2. The number of hydrogen-bond donors (Lipinski definition) is 2. The van der Waals surface area contributed by atoms with Crippen molar-refractivity contribution in [2.24, 2.45) is 0 Å². The van der Waals surface area contributed by atoms with E-state index in [9.17, 15) is 9.90 Å². The smallest absolute Gasteiger partial charge is 0.254 e. The average Bonchev–Trinajstić information content (AvgIpc) is 3.18. The predicted molar refractivity (Wildman–Crippen MR) is 77.7 cm³/mol. The van der Waals surface area contributed by atoms with Gasteiger partial charge in [-0.3, -0.25) is 9.48 Å². The van der Waals surface area contributed by atoms with Crippen LogP contribution >= 0.6 is 0 Å². The highest BCUT2D eigenvalue weighted by atomic mass is 16.3. The molecule has 1 aliphatic carbocycles. The van der Waals surface area contributed by atoms with E-state index < -0.39 is 6.10 Å². The number of carbonyl (C=O) groups excluding carboxylic acids is 1. The molecular formula is C15H25N3O2. The molecule has 20 heavy (non-hydrogen) atoms. The van der Waals surface area contributed by atoms with Crippen LogP contribution in [0.25, 0.3) is 0 Å². The van der Waals surface area contributed by atoms with Gasteiger partial charge in [-0.15, -0.1) is 0 Å². The van der Waals surface area contributed by atoms with Crippen LogP contribution in [0.3, 0.4) is 0 Å². The minimum Gasteiger partial charge on any atom is -0.391 e. The van der Waals surface area contributed by atoms with E-state index in [-0.39, 0.29) is 5.91 Å². The van der Waals surface area contributed by atoms with E-state index in [1.807, 2.05) is 11.6 Å². The van der Waals surface area contributed by atoms with E-state index in [0.29, 0.717) is 24.4 Å². The van der Waals surface area contributed by atoms with Gasteiger partial charge in [0.05, 0.1) is 23.6 Å². The van der Waals surface area contributed by atoms with Gasteiger partial charge >= 0.3 is 0 Å². The number of hydrogen-bond acceptors (Lipinski definition) is 3. The molecule has 1 aromatic rings. The normalized spacial score (nSPS) is 16.1. The Bertz CT molecular complexity index is 452. The highest BCUT2D eigenvalue weighted by Gasteiger charge is 2.32. The monoisotopic (exact) mass is 279 g/mol. The molecular weight excluding hydrogens is 254 g/mol. The second-order valence-electron chi connectivity index (χ2n) is 5.59. The van der Waals surface area contributed by atoms with Crippen molar-refractivity contribution in [2.45, 2.75) is 64.5 Å². The van der Waals surface area contributed by atoms with Gasteiger partial charge < -0.3 is 10.4 Å². The summed E-state index contributed by atoms with van der Waals surface area (Å²) in [6.45, 7) is 5.30. The quantitative estimate of drug-likeness (QED) is 0.765. The Kier molecular flexibility index (Phi) is 5.17. The molecule has 0 saturated heterocycles. The van der Waals surface area contributed by atoms with Crippen molar-refractivity contribution in [1.82, 2.24) is 15.1 Å². The van der Waals surface area contributed by atoms with Crippen LogP contribution in [0.4, 0.5) is 0 Å². The van der Waals surface area contributed by atoms with E-state index in [1.54, 1.807) is 6.20 Å². The van der Waals surface area contributed by atoms with E-state index in [2.05, 4.69) is 17.3 Å². The minimum absolute atomic E-state index is 0.107. The lowest BCUT2D eigenvalue weighted by Crippen LogP contribution is -2.32. The zero-order chi connectivity index (χ0) is 14.5. The maximum absolute atomic E-state index is 12.2. The molecule has 1 heterocycles. The molecule has 0 radical (unpaired) electrons. The first-order valence-corrected chi connectivity index (χ1v) is 7.69. The lowest BCUT2D eigenvalue weighted by molar-refractivity contribution is 0.0909. The number of rotatable bonds is 8. The largest absolute Gasteiger partial charge is 0.391 e. The first kappa shape index (κ1) is 15.0. The summed E-state index contributed by atoms with van der Waals surface area (Å²) in [4.78, 5) is 12.2. The predicted octanol–water partition coefficient (Wildman–Crippen LogP) is 2.06. The summed E-state index contributed by atoms with van der Waals surface area (Å²) < 4.78 is 1.97. The number of amides is 1. The van der Waals surface area contributed by atoms with Gasteiger partial charge in [0.2, 0.25) is 0 Å². The summed E-state index contributed by atoms with van der Waals surface area (Å²) in [5.41, 5.74) is 1.76. The van der Waals surface area contributed by atoms with Gasteiger partial charge in [0.1, 0.15) is 0 Å². The Balaban J connectivity index is 2.02. The van der Waals surface area contributed by atoms with Crippen LogP contribution in [0.5, 0.6) is 0 Å². The molecule has 1 saturated carbocycles. The molecule has 5 nitrogen and oxygen atoms in total. The lowest BCUT2D eigenvalue weighted by atomic mass is 10.1. The first-order chi connectivity index (χ1) is 9.67. The lowest BCUT2D eigenvalue weighted by Gasteiger charge is -2.11. The zero-order valence-electron chi connectivity index (χ0n) is 12.4. The molecule has 2 rings (SSSR count). The fraction of sp³-hybridized carbons (Fsp3) is 0.733. The van der Waals surface area contributed by atoms with Crippen molar-refractivity contribution in [1.29, 1.82) is 0 Å². The molecule has 1 unspecified atom stereocenters. The summed E-state index contributed by atoms with van der Waals surface area (Å²) >= 11 is 0. The molecule has 1 aromatic heterocycles. The number of aryl methyl sites for hydroxylation is 1. The van der Waals surface area contributed by atoms with Crippen LogP contribution in [0, 0.1) is 0 Å². The zero-order valence-corrected chi connectivity index (χ0v) is 12.4. The summed E-state index contributed by atoms with van der Waals surface area (Å²) in [6, 6.07) is 0. The average molecular weight is 279 g/mol. The van der Waals surface area contributed by atoms with Crippen LogP contribution < -0.4 is 5.32 Å². The van der Waals surface area contributed by atoms with Crippen LogP contribution in [0.2, 0.25) is 0 Å². The minimum atomic E-state index is -0.459. The number of carbonyl (C=O) groups is 1. The van der Waals surface area contributed by atoms with Crippen LogP contribution in [-0.2, 0) is 6.54 Å². The van der Waals surface area contributed by atoms with Crippen LogP contribution in [0.1, 0.15) is 67.9 Å². The standard InChI is InChI=1S/C15H25N3O2/c1-3-5-12(19)9-16-15(20)13-10-17-18(8-4-2)14(13)11-6-7-11/h10-12,19H,3-9H2,1-2H3,(H,16,20). The second kappa shape index (κ2) is 6.88. The Morgan fingerprint density at radius 2 is 2.25 bits per heavy atom. The fourth-order valence-electron chi connectivity index (χ4n) is 2.49. The fourth-order valence-corrected chi connectivity index (χ4v) is 2.49. The van der Waals surface area contributed by atoms with E-state index in [1.165, 1.54) is 0 Å². The molecule has 1 aliphatic rings. The van der Waals surface area contributed by atoms with E-state index in [4.69, 9.17) is 0 Å². The van der Waals surface area contributed by atoms with Gasteiger partial charge in [0.15, 0.2) is 0 Å². The molecule has 0 aliphatic heterocycles. The number of aliphatic hydroxyl groups is 1. The molecule has 0 spiro atoms. The van der Waals surface area contributed by atoms with Gasteiger partial charge in [-0.05, 0) is 25.7 Å². The molecule has 0 aromatic carbocycles. The first-order valence-electron chi connectivity index (χ1n) is 7.69. The molecule has 1 atom stereocenters. The number of aromatic nitrogens is 2. The highest BCUT2D eigenvalue weighted by Crippen LogP contribution is 2.41.